The summed E-state index contributed by atoms with van der Waals surface area (Å²) in [7, 11) is -4.47. The molecule has 1 unspecified atom stereocenters. The van der Waals surface area contributed by atoms with Gasteiger partial charge in [-0.25, -0.2) is 4.57 Å². The molecule has 0 saturated carbocycles. The quantitative estimate of drug-likeness (QED) is 0.466. The molecule has 17 heavy (non-hydrogen) atoms. The Labute approximate surface area is 110 Å². The monoisotopic (exact) mass is 300 g/mol. The molecule has 1 atom stereocenters. The lowest BCUT2D eigenvalue weighted by Gasteiger charge is -2.24. The van der Waals surface area contributed by atoms with E-state index in [-0.39, 0.29) is 6.10 Å². The average molecular weight is 300 g/mol. The van der Waals surface area contributed by atoms with Crippen LogP contribution in [-0.4, -0.2) is 45.2 Å². The minimum absolute atomic E-state index is 0.0559. The Kier molecular flexibility index (Phi) is 6.58. The Balaban J connectivity index is 2.34. The minimum atomic E-state index is -4.47. The molecule has 0 aromatic rings. The number of ether oxygens (including phenoxy) is 1. The summed E-state index contributed by atoms with van der Waals surface area (Å²) in [5.74, 6) is 3.36. The highest BCUT2D eigenvalue weighted by molar-refractivity contribution is 8.01. The summed E-state index contributed by atoms with van der Waals surface area (Å²) in [5.41, 5.74) is 1.21. The third-order valence-electron chi connectivity index (χ3n) is 1.89. The van der Waals surface area contributed by atoms with Crippen molar-refractivity contribution in [3.63, 3.8) is 0 Å². The zero-order chi connectivity index (χ0) is 12.9. The fraction of sp³-hybridized carbons (Fsp3) is 0.778. The Morgan fingerprint density at radius 2 is 1.94 bits per heavy atom. The molecule has 100 valence electrons. The topological polar surface area (TPSA) is 76.0 Å². The van der Waals surface area contributed by atoms with Gasteiger partial charge in [-0.2, -0.15) is 23.5 Å². The van der Waals surface area contributed by atoms with Gasteiger partial charge in [-0.3, -0.25) is 4.52 Å². The predicted octanol–water partition coefficient (Wildman–Crippen LogP) is 1.86. The van der Waals surface area contributed by atoms with Gasteiger partial charge in [0.25, 0.3) is 0 Å². The predicted molar refractivity (Wildman–Crippen MR) is 71.3 cm³/mol. The van der Waals surface area contributed by atoms with E-state index < -0.39 is 14.1 Å². The second-order valence-corrected chi connectivity index (χ2v) is 6.95. The van der Waals surface area contributed by atoms with Gasteiger partial charge < -0.3 is 14.5 Å². The van der Waals surface area contributed by atoms with Gasteiger partial charge in [-0.05, 0) is 6.92 Å². The van der Waals surface area contributed by atoms with Crippen LogP contribution in [-0.2, 0) is 13.8 Å². The summed E-state index contributed by atoms with van der Waals surface area (Å²) in [6.45, 7) is 5.43. The largest absolute Gasteiger partial charge is 0.471 e. The third-order valence-corrected chi connectivity index (χ3v) is 4.90. The van der Waals surface area contributed by atoms with Crippen LogP contribution in [0.15, 0.2) is 12.2 Å². The van der Waals surface area contributed by atoms with Crippen LogP contribution in [0, 0.1) is 0 Å². The lowest BCUT2D eigenvalue weighted by molar-refractivity contribution is -0.103. The Bertz CT molecular complexity index is 294. The van der Waals surface area contributed by atoms with Crippen molar-refractivity contribution in [1.82, 2.24) is 0 Å². The van der Waals surface area contributed by atoms with Crippen molar-refractivity contribution in [3.05, 3.63) is 12.2 Å². The summed E-state index contributed by atoms with van der Waals surface area (Å²) >= 11 is 3.44. The van der Waals surface area contributed by atoms with Gasteiger partial charge in [0.1, 0.15) is 0 Å². The summed E-state index contributed by atoms with van der Waals surface area (Å²) in [4.78, 5) is 17.3. The molecule has 1 saturated heterocycles. The van der Waals surface area contributed by atoms with Crippen molar-refractivity contribution in [2.75, 3.05) is 23.0 Å². The molecule has 1 heterocycles. The summed E-state index contributed by atoms with van der Waals surface area (Å²) < 4.78 is 20.5. The highest BCUT2D eigenvalue weighted by atomic mass is 32.2. The van der Waals surface area contributed by atoms with Crippen LogP contribution in [0.3, 0.4) is 0 Å². The second-order valence-electron chi connectivity index (χ2n) is 3.70. The fourth-order valence-corrected chi connectivity index (χ4v) is 3.98. The van der Waals surface area contributed by atoms with Crippen molar-refractivity contribution in [2.45, 2.75) is 19.3 Å². The molecule has 0 bridgehead atoms. The standard InChI is InChI=1S/C9H17O5PS2/c1-7-3-16-5-9(6-17-4-7)13-8(2)14-15(10,11)12/h8-9H,1,3-6H2,2H3,(H2,10,11,12). The van der Waals surface area contributed by atoms with Crippen LogP contribution < -0.4 is 0 Å². The molecule has 1 fully saturated rings. The van der Waals surface area contributed by atoms with Crippen LogP contribution in [0.4, 0.5) is 0 Å². The van der Waals surface area contributed by atoms with E-state index in [0.717, 1.165) is 23.0 Å². The second kappa shape index (κ2) is 7.19. The molecule has 0 amide bonds. The van der Waals surface area contributed by atoms with Gasteiger partial charge in [0, 0.05) is 23.0 Å². The molecular formula is C9H17O5PS2. The van der Waals surface area contributed by atoms with Gasteiger partial charge in [-0.1, -0.05) is 12.2 Å². The zero-order valence-electron chi connectivity index (χ0n) is 9.57. The van der Waals surface area contributed by atoms with Crippen molar-refractivity contribution < 1.29 is 23.6 Å². The minimum Gasteiger partial charge on any atom is -0.347 e. The maximum Gasteiger partial charge on any atom is 0.471 e. The third kappa shape index (κ3) is 7.51. The van der Waals surface area contributed by atoms with E-state index in [2.05, 4.69) is 11.1 Å². The first-order chi connectivity index (χ1) is 7.87. The summed E-state index contributed by atoms with van der Waals surface area (Å²) in [5, 5.41) is 0. The van der Waals surface area contributed by atoms with E-state index in [9.17, 15) is 4.57 Å². The van der Waals surface area contributed by atoms with E-state index in [1.54, 1.807) is 23.5 Å². The lowest BCUT2D eigenvalue weighted by atomic mass is 10.4. The van der Waals surface area contributed by atoms with E-state index in [1.807, 2.05) is 0 Å². The maximum atomic E-state index is 10.6. The Morgan fingerprint density at radius 3 is 2.41 bits per heavy atom. The van der Waals surface area contributed by atoms with E-state index in [1.165, 1.54) is 12.5 Å². The first-order valence-electron chi connectivity index (χ1n) is 5.08. The summed E-state index contributed by atoms with van der Waals surface area (Å²) in [6.07, 6.45) is -0.954. The molecule has 5 nitrogen and oxygen atoms in total. The summed E-state index contributed by atoms with van der Waals surface area (Å²) in [6, 6.07) is 0. The fourth-order valence-electron chi connectivity index (χ4n) is 1.33. The molecule has 0 radical (unpaired) electrons. The number of rotatable bonds is 4. The van der Waals surface area contributed by atoms with Crippen LogP contribution in [0.2, 0.25) is 0 Å². The smallest absolute Gasteiger partial charge is 0.347 e. The number of hydrogen-bond donors (Lipinski definition) is 2. The van der Waals surface area contributed by atoms with Gasteiger partial charge in [-0.15, -0.1) is 0 Å². The van der Waals surface area contributed by atoms with E-state index in [0.29, 0.717) is 0 Å². The van der Waals surface area contributed by atoms with Gasteiger partial charge in [0.05, 0.1) is 6.10 Å². The highest BCUT2D eigenvalue weighted by Gasteiger charge is 2.23. The Morgan fingerprint density at radius 1 is 1.41 bits per heavy atom. The molecule has 0 aromatic heterocycles. The number of hydrogen-bond acceptors (Lipinski definition) is 5. The molecule has 0 aliphatic carbocycles. The van der Waals surface area contributed by atoms with Crippen LogP contribution in [0.5, 0.6) is 0 Å². The number of thioether (sulfide) groups is 2. The normalized spacial score (nSPS) is 21.9. The van der Waals surface area contributed by atoms with Crippen molar-refractivity contribution in [2.24, 2.45) is 0 Å². The molecule has 0 spiro atoms. The van der Waals surface area contributed by atoms with Gasteiger partial charge in [0.15, 0.2) is 6.29 Å². The lowest BCUT2D eigenvalue weighted by Crippen LogP contribution is -2.27. The molecule has 1 aliphatic heterocycles. The van der Waals surface area contributed by atoms with E-state index in [4.69, 9.17) is 14.5 Å². The van der Waals surface area contributed by atoms with Crippen LogP contribution >= 0.6 is 31.3 Å². The SMILES string of the molecule is C=C1CSCC(OC(C)OP(=O)(O)O)CSC1. The molecular weight excluding hydrogens is 283 g/mol. The van der Waals surface area contributed by atoms with Gasteiger partial charge in [0.2, 0.25) is 0 Å². The van der Waals surface area contributed by atoms with Crippen LogP contribution in [0.1, 0.15) is 6.92 Å². The van der Waals surface area contributed by atoms with Crippen molar-refractivity contribution >= 4 is 31.3 Å². The molecule has 1 rings (SSSR count). The zero-order valence-corrected chi connectivity index (χ0v) is 12.1. The molecule has 1 aliphatic rings. The first-order valence-corrected chi connectivity index (χ1v) is 8.92. The number of phosphoric acid groups is 1. The van der Waals surface area contributed by atoms with Crippen molar-refractivity contribution in [1.29, 1.82) is 0 Å². The highest BCUT2D eigenvalue weighted by Crippen LogP contribution is 2.38. The first kappa shape index (κ1) is 15.6. The number of phosphoric ester groups is 1. The molecule has 2 N–H and O–H groups in total. The van der Waals surface area contributed by atoms with Crippen LogP contribution in [0.25, 0.3) is 0 Å². The van der Waals surface area contributed by atoms with E-state index >= 15 is 0 Å². The van der Waals surface area contributed by atoms with Gasteiger partial charge >= 0.3 is 7.82 Å². The average Bonchev–Trinajstić information content (AvgIpc) is 2.10. The van der Waals surface area contributed by atoms with Crippen molar-refractivity contribution in [3.8, 4) is 0 Å². The molecule has 8 heteroatoms. The Hall–Kier alpha value is 0.510. The maximum absolute atomic E-state index is 10.6. The molecule has 0 aromatic carbocycles.